The molecule has 20 heavy (non-hydrogen) atoms. The van der Waals surface area contributed by atoms with Crippen LogP contribution in [0.25, 0.3) is 0 Å². The average Bonchev–Trinajstić information content (AvgIpc) is 3.06. The second-order valence-electron chi connectivity index (χ2n) is 5.85. The molecule has 1 aromatic carbocycles. The van der Waals surface area contributed by atoms with Crippen LogP contribution in [0.3, 0.4) is 0 Å². The van der Waals surface area contributed by atoms with Crippen molar-refractivity contribution < 1.29 is 4.79 Å². The summed E-state index contributed by atoms with van der Waals surface area (Å²) < 4.78 is 0. The number of hydrogen-bond acceptors (Lipinski definition) is 2. The van der Waals surface area contributed by atoms with Crippen molar-refractivity contribution in [2.45, 2.75) is 25.9 Å². The third-order valence-electron chi connectivity index (χ3n) is 4.68. The summed E-state index contributed by atoms with van der Waals surface area (Å²) in [6.45, 7) is 5.81. The van der Waals surface area contributed by atoms with Crippen LogP contribution in [0, 0.1) is 11.8 Å². The van der Waals surface area contributed by atoms with Crippen molar-refractivity contribution in [3.63, 3.8) is 0 Å². The van der Waals surface area contributed by atoms with Gasteiger partial charge in [-0.2, -0.15) is 0 Å². The molecule has 0 spiro atoms. The van der Waals surface area contributed by atoms with Crippen molar-refractivity contribution >= 4 is 6.03 Å². The standard InChI is InChI=1S/C16H23N3O/c1-2-15-14-10-17-9-13(14)11-19(15)16(20)18-8-12-6-4-3-5-7-12/h3-7,13-15,17H,2,8-11H2,1H3,(H,18,20). The zero-order valence-electron chi connectivity index (χ0n) is 12.0. The highest BCUT2D eigenvalue weighted by Gasteiger charge is 2.44. The van der Waals surface area contributed by atoms with Crippen LogP contribution in [0.1, 0.15) is 18.9 Å². The lowest BCUT2D eigenvalue weighted by atomic mass is 9.93. The molecule has 4 nitrogen and oxygen atoms in total. The molecular weight excluding hydrogens is 250 g/mol. The topological polar surface area (TPSA) is 44.4 Å². The van der Waals surface area contributed by atoms with E-state index in [2.05, 4.69) is 22.5 Å². The number of hydrogen-bond donors (Lipinski definition) is 2. The first-order valence-corrected chi connectivity index (χ1v) is 7.58. The number of likely N-dealkylation sites (tertiary alicyclic amines) is 1. The number of carbonyl (C=O) groups is 1. The quantitative estimate of drug-likeness (QED) is 0.882. The van der Waals surface area contributed by atoms with Crippen molar-refractivity contribution in [3.05, 3.63) is 35.9 Å². The number of fused-ring (bicyclic) bond motifs is 1. The van der Waals surface area contributed by atoms with Gasteiger partial charge in [0.1, 0.15) is 0 Å². The molecule has 0 saturated carbocycles. The van der Waals surface area contributed by atoms with Crippen molar-refractivity contribution in [1.29, 1.82) is 0 Å². The summed E-state index contributed by atoms with van der Waals surface area (Å²) in [5, 5.41) is 6.51. The Labute approximate surface area is 120 Å². The highest BCUT2D eigenvalue weighted by atomic mass is 16.2. The molecule has 3 atom stereocenters. The third kappa shape index (κ3) is 2.52. The third-order valence-corrected chi connectivity index (χ3v) is 4.68. The molecule has 3 unspecified atom stereocenters. The van der Waals surface area contributed by atoms with Crippen molar-refractivity contribution in [2.75, 3.05) is 19.6 Å². The van der Waals surface area contributed by atoms with Gasteiger partial charge in [-0.3, -0.25) is 0 Å². The largest absolute Gasteiger partial charge is 0.334 e. The molecular formula is C16H23N3O. The minimum atomic E-state index is 0.0927. The summed E-state index contributed by atoms with van der Waals surface area (Å²) in [6.07, 6.45) is 1.04. The van der Waals surface area contributed by atoms with E-state index in [4.69, 9.17) is 0 Å². The molecule has 4 heteroatoms. The van der Waals surface area contributed by atoms with Crippen LogP contribution in [0.15, 0.2) is 30.3 Å². The summed E-state index contributed by atoms with van der Waals surface area (Å²) in [4.78, 5) is 14.5. The number of nitrogens with zero attached hydrogens (tertiary/aromatic N) is 1. The fourth-order valence-electron chi connectivity index (χ4n) is 3.65. The molecule has 2 N–H and O–H groups in total. The molecule has 2 aliphatic rings. The molecule has 3 rings (SSSR count). The summed E-state index contributed by atoms with van der Waals surface area (Å²) in [5.74, 6) is 1.28. The van der Waals surface area contributed by atoms with Gasteiger partial charge in [0.15, 0.2) is 0 Å². The van der Waals surface area contributed by atoms with E-state index in [1.807, 2.05) is 30.3 Å². The Bertz CT molecular complexity index is 462. The minimum absolute atomic E-state index is 0.0927. The van der Waals surface area contributed by atoms with E-state index in [1.54, 1.807) is 0 Å². The normalized spacial score (nSPS) is 28.4. The summed E-state index contributed by atoms with van der Waals surface area (Å²) in [7, 11) is 0. The van der Waals surface area contributed by atoms with Crippen molar-refractivity contribution in [3.8, 4) is 0 Å². The number of urea groups is 1. The smallest absolute Gasteiger partial charge is 0.317 e. The number of carbonyl (C=O) groups excluding carboxylic acids is 1. The van der Waals surface area contributed by atoms with Crippen LogP contribution in [-0.2, 0) is 6.54 Å². The number of amides is 2. The lowest BCUT2D eigenvalue weighted by Gasteiger charge is -2.27. The predicted octanol–water partition coefficient (Wildman–Crippen LogP) is 1.83. The first-order chi connectivity index (χ1) is 9.79. The summed E-state index contributed by atoms with van der Waals surface area (Å²) in [5.41, 5.74) is 1.15. The second kappa shape index (κ2) is 5.83. The van der Waals surface area contributed by atoms with Gasteiger partial charge in [-0.05, 0) is 23.8 Å². The molecule has 0 aromatic heterocycles. The second-order valence-corrected chi connectivity index (χ2v) is 5.85. The first kappa shape index (κ1) is 13.4. The maximum Gasteiger partial charge on any atom is 0.317 e. The zero-order chi connectivity index (χ0) is 13.9. The Morgan fingerprint density at radius 1 is 1.35 bits per heavy atom. The van der Waals surface area contributed by atoms with Gasteiger partial charge in [-0.1, -0.05) is 37.3 Å². The molecule has 108 valence electrons. The van der Waals surface area contributed by atoms with Crippen molar-refractivity contribution in [1.82, 2.24) is 15.5 Å². The van der Waals surface area contributed by atoms with E-state index in [0.29, 0.717) is 24.4 Å². The zero-order valence-corrected chi connectivity index (χ0v) is 12.0. The van der Waals surface area contributed by atoms with E-state index in [9.17, 15) is 4.79 Å². The van der Waals surface area contributed by atoms with E-state index in [1.165, 1.54) is 0 Å². The van der Waals surface area contributed by atoms with Gasteiger partial charge in [0.05, 0.1) is 0 Å². The van der Waals surface area contributed by atoms with Gasteiger partial charge < -0.3 is 15.5 Å². The lowest BCUT2D eigenvalue weighted by molar-refractivity contribution is 0.182. The fraction of sp³-hybridized carbons (Fsp3) is 0.562. The molecule has 2 amide bonds. The molecule has 2 fully saturated rings. The number of rotatable bonds is 3. The SMILES string of the molecule is CCC1C2CNCC2CN1C(=O)NCc1ccccc1. The van der Waals surface area contributed by atoms with Gasteiger partial charge in [-0.25, -0.2) is 4.79 Å². The highest BCUT2D eigenvalue weighted by molar-refractivity contribution is 5.75. The molecule has 0 bridgehead atoms. The van der Waals surface area contributed by atoms with Crippen molar-refractivity contribution in [2.24, 2.45) is 11.8 Å². The number of nitrogens with one attached hydrogen (secondary N) is 2. The van der Waals surface area contributed by atoms with Crippen LogP contribution in [0.2, 0.25) is 0 Å². The summed E-state index contributed by atoms with van der Waals surface area (Å²) in [6, 6.07) is 10.6. The number of benzene rings is 1. The van der Waals surface area contributed by atoms with E-state index in [0.717, 1.165) is 31.6 Å². The van der Waals surface area contributed by atoms with Gasteiger partial charge in [-0.15, -0.1) is 0 Å². The maximum absolute atomic E-state index is 12.4. The summed E-state index contributed by atoms with van der Waals surface area (Å²) >= 11 is 0. The molecule has 2 heterocycles. The first-order valence-electron chi connectivity index (χ1n) is 7.58. The Morgan fingerprint density at radius 3 is 2.90 bits per heavy atom. The molecule has 0 aliphatic carbocycles. The highest BCUT2D eigenvalue weighted by Crippen LogP contribution is 2.34. The molecule has 0 radical (unpaired) electrons. The maximum atomic E-state index is 12.4. The fourth-order valence-corrected chi connectivity index (χ4v) is 3.65. The van der Waals surface area contributed by atoms with Gasteiger partial charge >= 0.3 is 6.03 Å². The molecule has 2 aliphatic heterocycles. The van der Waals surface area contributed by atoms with Gasteiger partial charge in [0, 0.05) is 32.2 Å². The molecule has 2 saturated heterocycles. The predicted molar refractivity (Wildman–Crippen MR) is 79.3 cm³/mol. The van der Waals surface area contributed by atoms with Gasteiger partial charge in [0.2, 0.25) is 0 Å². The van der Waals surface area contributed by atoms with E-state index >= 15 is 0 Å². The van der Waals surface area contributed by atoms with Crippen LogP contribution in [0.5, 0.6) is 0 Å². The average molecular weight is 273 g/mol. The van der Waals surface area contributed by atoms with Crippen LogP contribution in [-0.4, -0.2) is 36.6 Å². The van der Waals surface area contributed by atoms with E-state index in [-0.39, 0.29) is 6.03 Å². The van der Waals surface area contributed by atoms with E-state index < -0.39 is 0 Å². The Morgan fingerprint density at radius 2 is 2.15 bits per heavy atom. The van der Waals surface area contributed by atoms with Crippen LogP contribution < -0.4 is 10.6 Å². The Balaban J connectivity index is 1.59. The Hall–Kier alpha value is -1.55. The molecule has 1 aromatic rings. The van der Waals surface area contributed by atoms with Gasteiger partial charge in [0.25, 0.3) is 0 Å². The lowest BCUT2D eigenvalue weighted by Crippen LogP contribution is -2.45. The monoisotopic (exact) mass is 273 g/mol. The minimum Gasteiger partial charge on any atom is -0.334 e. The van der Waals surface area contributed by atoms with Crippen LogP contribution in [0.4, 0.5) is 4.79 Å². The van der Waals surface area contributed by atoms with Crippen LogP contribution >= 0.6 is 0 Å². The Kier molecular flexibility index (Phi) is 3.92.